The molecule has 0 spiro atoms. The molecule has 0 saturated heterocycles. The molecule has 3 saturated carbocycles. The Morgan fingerprint density at radius 1 is 1.20 bits per heavy atom. The third-order valence-electron chi connectivity index (χ3n) is 7.16. The molecule has 0 amide bonds. The van der Waals surface area contributed by atoms with Gasteiger partial charge in [-0.1, -0.05) is 13.3 Å². The van der Waals surface area contributed by atoms with E-state index in [0.717, 1.165) is 36.5 Å². The Kier molecular flexibility index (Phi) is 3.96. The monoisotopic (exact) mass is 278 g/mol. The summed E-state index contributed by atoms with van der Waals surface area (Å²) >= 11 is 0. The molecule has 0 heterocycles. The van der Waals surface area contributed by atoms with Gasteiger partial charge in [0, 0.05) is 12.5 Å². The van der Waals surface area contributed by atoms with E-state index in [0.29, 0.717) is 23.7 Å². The molecule has 3 rings (SSSR count). The van der Waals surface area contributed by atoms with E-state index >= 15 is 0 Å². The Morgan fingerprint density at radius 3 is 2.70 bits per heavy atom. The lowest BCUT2D eigenvalue weighted by Crippen LogP contribution is -2.45. The highest BCUT2D eigenvalue weighted by Crippen LogP contribution is 2.62. The number of carbonyl (C=O) groups is 1. The van der Waals surface area contributed by atoms with Gasteiger partial charge in [-0.2, -0.15) is 0 Å². The van der Waals surface area contributed by atoms with Crippen LogP contribution < -0.4 is 0 Å². The number of carbonyl (C=O) groups excluding carboxylic acids is 1. The average Bonchev–Trinajstić information content (AvgIpc) is 2.77. The lowest BCUT2D eigenvalue weighted by atomic mass is 9.53. The fraction of sp³-hybridized carbons (Fsp3) is 0.944. The van der Waals surface area contributed by atoms with Crippen molar-refractivity contribution in [1.82, 2.24) is 0 Å². The van der Waals surface area contributed by atoms with Gasteiger partial charge in [0.2, 0.25) is 0 Å². The molecule has 0 aromatic rings. The standard InChI is InChI=1S/C18H30O2/c1-12(20)16-5-6-17-15-4-3-13(8-10-19)11-14(15)7-9-18(16,17)2/h13-17,19H,3-11H2,1-2H3/t13-,14?,15?,16+,17?,18+/m0/s1. The number of aliphatic hydroxyl groups is 1. The van der Waals surface area contributed by atoms with Crippen LogP contribution in [0.3, 0.4) is 0 Å². The fourth-order valence-corrected chi connectivity index (χ4v) is 6.18. The molecule has 0 radical (unpaired) electrons. The maximum absolute atomic E-state index is 12.0. The second-order valence-electron chi connectivity index (χ2n) is 8.01. The van der Waals surface area contributed by atoms with Crippen LogP contribution in [0.25, 0.3) is 0 Å². The maximum Gasteiger partial charge on any atom is 0.133 e. The predicted octanol–water partition coefficient (Wildman–Crippen LogP) is 3.82. The molecule has 3 aliphatic carbocycles. The van der Waals surface area contributed by atoms with E-state index in [1.165, 1.54) is 38.5 Å². The van der Waals surface area contributed by atoms with Crippen LogP contribution in [0, 0.1) is 35.0 Å². The van der Waals surface area contributed by atoms with Crippen LogP contribution in [-0.2, 0) is 4.79 Å². The summed E-state index contributed by atoms with van der Waals surface area (Å²) < 4.78 is 0. The molecular formula is C18H30O2. The van der Waals surface area contributed by atoms with Gasteiger partial charge in [-0.3, -0.25) is 4.79 Å². The lowest BCUT2D eigenvalue weighted by molar-refractivity contribution is -0.126. The van der Waals surface area contributed by atoms with Gasteiger partial charge < -0.3 is 5.11 Å². The summed E-state index contributed by atoms with van der Waals surface area (Å²) in [6, 6.07) is 0. The Bertz CT molecular complexity index is 378. The van der Waals surface area contributed by atoms with E-state index in [1.54, 1.807) is 0 Å². The zero-order valence-corrected chi connectivity index (χ0v) is 13.1. The molecule has 2 heteroatoms. The summed E-state index contributed by atoms with van der Waals surface area (Å²) in [6.07, 6.45) is 9.99. The molecule has 0 aromatic carbocycles. The number of hydrogen-bond acceptors (Lipinski definition) is 2. The Labute approximate surface area is 123 Å². The van der Waals surface area contributed by atoms with Crippen LogP contribution in [-0.4, -0.2) is 17.5 Å². The first-order chi connectivity index (χ1) is 9.56. The van der Waals surface area contributed by atoms with Crippen molar-refractivity contribution in [2.45, 2.75) is 65.2 Å². The molecule has 2 nitrogen and oxygen atoms in total. The van der Waals surface area contributed by atoms with E-state index in [4.69, 9.17) is 5.11 Å². The molecular weight excluding hydrogens is 248 g/mol. The van der Waals surface area contributed by atoms with Gasteiger partial charge in [0.25, 0.3) is 0 Å². The van der Waals surface area contributed by atoms with Crippen molar-refractivity contribution in [3.05, 3.63) is 0 Å². The zero-order valence-electron chi connectivity index (χ0n) is 13.1. The van der Waals surface area contributed by atoms with E-state index < -0.39 is 0 Å². The molecule has 3 unspecified atom stereocenters. The van der Waals surface area contributed by atoms with Crippen LogP contribution in [0.2, 0.25) is 0 Å². The van der Waals surface area contributed by atoms with Gasteiger partial charge in [0.15, 0.2) is 0 Å². The van der Waals surface area contributed by atoms with Gasteiger partial charge in [0.1, 0.15) is 5.78 Å². The Balaban J connectivity index is 1.73. The second kappa shape index (κ2) is 5.44. The molecule has 1 N–H and O–H groups in total. The highest BCUT2D eigenvalue weighted by molar-refractivity contribution is 5.79. The molecule has 0 aromatic heterocycles. The zero-order chi connectivity index (χ0) is 14.3. The molecule has 114 valence electrons. The van der Waals surface area contributed by atoms with Crippen molar-refractivity contribution in [2.75, 3.05) is 6.61 Å². The van der Waals surface area contributed by atoms with Crippen molar-refractivity contribution in [2.24, 2.45) is 35.0 Å². The van der Waals surface area contributed by atoms with Crippen LogP contribution in [0.4, 0.5) is 0 Å². The number of rotatable bonds is 3. The predicted molar refractivity (Wildman–Crippen MR) is 80.3 cm³/mol. The van der Waals surface area contributed by atoms with Crippen LogP contribution in [0.1, 0.15) is 65.2 Å². The highest BCUT2D eigenvalue weighted by atomic mass is 16.3. The SMILES string of the molecule is CC(=O)[C@H]1CCC2C3CC[C@@H](CCO)CC3CC[C@@]21C. The van der Waals surface area contributed by atoms with Gasteiger partial charge in [-0.05, 0) is 81.0 Å². The van der Waals surface area contributed by atoms with Crippen molar-refractivity contribution < 1.29 is 9.90 Å². The molecule has 20 heavy (non-hydrogen) atoms. The molecule has 3 aliphatic rings. The summed E-state index contributed by atoms with van der Waals surface area (Å²) in [7, 11) is 0. The molecule has 0 aliphatic heterocycles. The van der Waals surface area contributed by atoms with Crippen molar-refractivity contribution in [3.8, 4) is 0 Å². The number of Topliss-reactive ketones (excluding diaryl/α,β-unsaturated/α-hetero) is 1. The molecule has 3 fully saturated rings. The Hall–Kier alpha value is -0.370. The summed E-state index contributed by atoms with van der Waals surface area (Å²) in [5.41, 5.74) is 0.302. The normalized spacial score (nSPS) is 47.6. The van der Waals surface area contributed by atoms with Crippen molar-refractivity contribution >= 4 is 5.78 Å². The first kappa shape index (κ1) is 14.6. The van der Waals surface area contributed by atoms with Crippen molar-refractivity contribution in [1.29, 1.82) is 0 Å². The number of fused-ring (bicyclic) bond motifs is 3. The first-order valence-electron chi connectivity index (χ1n) is 8.67. The van der Waals surface area contributed by atoms with E-state index in [1.807, 2.05) is 6.92 Å². The van der Waals surface area contributed by atoms with Crippen LogP contribution >= 0.6 is 0 Å². The molecule has 6 atom stereocenters. The average molecular weight is 278 g/mol. The quantitative estimate of drug-likeness (QED) is 0.852. The number of hydrogen-bond donors (Lipinski definition) is 1. The fourth-order valence-electron chi connectivity index (χ4n) is 6.18. The second-order valence-corrected chi connectivity index (χ2v) is 8.01. The van der Waals surface area contributed by atoms with Gasteiger partial charge in [-0.25, -0.2) is 0 Å². The van der Waals surface area contributed by atoms with Crippen LogP contribution in [0.15, 0.2) is 0 Å². The highest BCUT2D eigenvalue weighted by Gasteiger charge is 2.55. The minimum atomic E-state index is 0.302. The summed E-state index contributed by atoms with van der Waals surface area (Å²) in [5.74, 6) is 4.07. The summed E-state index contributed by atoms with van der Waals surface area (Å²) in [4.78, 5) is 12.0. The lowest BCUT2D eigenvalue weighted by Gasteiger charge is -2.51. The number of ketones is 1. The Morgan fingerprint density at radius 2 is 2.00 bits per heavy atom. The minimum Gasteiger partial charge on any atom is -0.396 e. The van der Waals surface area contributed by atoms with Gasteiger partial charge >= 0.3 is 0 Å². The van der Waals surface area contributed by atoms with Gasteiger partial charge in [0.05, 0.1) is 0 Å². The maximum atomic E-state index is 12.0. The first-order valence-corrected chi connectivity index (χ1v) is 8.67. The number of aliphatic hydroxyl groups excluding tert-OH is 1. The third-order valence-corrected chi connectivity index (χ3v) is 7.16. The van der Waals surface area contributed by atoms with Gasteiger partial charge in [-0.15, -0.1) is 0 Å². The topological polar surface area (TPSA) is 37.3 Å². The van der Waals surface area contributed by atoms with E-state index in [9.17, 15) is 4.79 Å². The minimum absolute atomic E-state index is 0.302. The largest absolute Gasteiger partial charge is 0.396 e. The van der Waals surface area contributed by atoms with E-state index in [-0.39, 0.29) is 0 Å². The smallest absolute Gasteiger partial charge is 0.133 e. The van der Waals surface area contributed by atoms with Crippen LogP contribution in [0.5, 0.6) is 0 Å². The summed E-state index contributed by atoms with van der Waals surface area (Å²) in [5, 5.41) is 9.16. The van der Waals surface area contributed by atoms with Crippen molar-refractivity contribution in [3.63, 3.8) is 0 Å². The molecule has 0 bridgehead atoms. The summed E-state index contributed by atoms with van der Waals surface area (Å²) in [6.45, 7) is 4.57. The third kappa shape index (κ3) is 2.24. The van der Waals surface area contributed by atoms with E-state index in [2.05, 4.69) is 6.92 Å².